The highest BCUT2D eigenvalue weighted by molar-refractivity contribution is 6.32. The van der Waals surface area contributed by atoms with Gasteiger partial charge in [0.2, 0.25) is 0 Å². The van der Waals surface area contributed by atoms with E-state index in [0.29, 0.717) is 10.8 Å². The Kier molecular flexibility index (Phi) is 6.44. The summed E-state index contributed by atoms with van der Waals surface area (Å²) in [6, 6.07) is 14.8. The molecule has 2 N–H and O–H groups in total. The highest BCUT2D eigenvalue weighted by Crippen LogP contribution is 2.24. The Morgan fingerprint density at radius 1 is 1.22 bits per heavy atom. The van der Waals surface area contributed by atoms with Gasteiger partial charge in [-0.05, 0) is 43.3 Å². The lowest BCUT2D eigenvalue weighted by Crippen LogP contribution is -2.30. The van der Waals surface area contributed by atoms with Gasteiger partial charge < -0.3 is 15.4 Å². The molecule has 0 saturated heterocycles. The number of anilines is 1. The maximum absolute atomic E-state index is 12.3. The zero-order chi connectivity index (χ0) is 16.7. The fourth-order valence-corrected chi connectivity index (χ4v) is 2.24. The lowest BCUT2D eigenvalue weighted by atomic mass is 10.2. The van der Waals surface area contributed by atoms with Crippen LogP contribution in [0.2, 0.25) is 5.02 Å². The third-order valence-corrected chi connectivity index (χ3v) is 3.60. The number of hydrogen-bond acceptors (Lipinski definition) is 3. The Hall–Kier alpha value is -2.04. The van der Waals surface area contributed by atoms with E-state index in [2.05, 4.69) is 17.6 Å². The molecular weight excluding hydrogens is 312 g/mol. The lowest BCUT2D eigenvalue weighted by molar-refractivity contribution is -0.122. The van der Waals surface area contributed by atoms with Gasteiger partial charge in [-0.3, -0.25) is 4.79 Å². The van der Waals surface area contributed by atoms with E-state index in [0.717, 1.165) is 24.3 Å². The van der Waals surface area contributed by atoms with E-state index in [1.807, 2.05) is 36.4 Å². The highest BCUT2D eigenvalue weighted by atomic mass is 35.5. The van der Waals surface area contributed by atoms with Gasteiger partial charge in [0.05, 0.1) is 5.02 Å². The molecule has 2 rings (SSSR count). The van der Waals surface area contributed by atoms with Crippen molar-refractivity contribution in [3.8, 4) is 5.75 Å². The smallest absolute Gasteiger partial charge is 0.265 e. The first kappa shape index (κ1) is 17.3. The van der Waals surface area contributed by atoms with Crippen LogP contribution in [0.15, 0.2) is 48.5 Å². The monoisotopic (exact) mass is 332 g/mol. The van der Waals surface area contributed by atoms with Gasteiger partial charge in [0.1, 0.15) is 5.75 Å². The summed E-state index contributed by atoms with van der Waals surface area (Å²) in [5.74, 6) is 0.281. The Bertz CT molecular complexity index is 661. The number of rotatable bonds is 7. The minimum atomic E-state index is -0.646. The van der Waals surface area contributed by atoms with Crippen molar-refractivity contribution < 1.29 is 9.53 Å². The number of para-hydroxylation sites is 1. The van der Waals surface area contributed by atoms with E-state index in [4.69, 9.17) is 16.3 Å². The van der Waals surface area contributed by atoms with Gasteiger partial charge in [-0.1, -0.05) is 42.8 Å². The van der Waals surface area contributed by atoms with Crippen molar-refractivity contribution in [2.45, 2.75) is 26.5 Å². The predicted octanol–water partition coefficient (Wildman–Crippen LogP) is 3.86. The molecule has 122 valence electrons. The summed E-state index contributed by atoms with van der Waals surface area (Å²) in [6.07, 6.45) is -0.646. The third kappa shape index (κ3) is 5.27. The minimum absolute atomic E-state index is 0.217. The molecular formula is C18H21ClN2O2. The van der Waals surface area contributed by atoms with Crippen molar-refractivity contribution in [1.82, 2.24) is 5.32 Å². The third-order valence-electron chi connectivity index (χ3n) is 3.28. The van der Waals surface area contributed by atoms with Crippen molar-refractivity contribution in [1.29, 1.82) is 0 Å². The second-order valence-electron chi connectivity index (χ2n) is 5.16. The fraction of sp³-hybridized carbons (Fsp3) is 0.278. The van der Waals surface area contributed by atoms with Crippen molar-refractivity contribution in [2.24, 2.45) is 0 Å². The summed E-state index contributed by atoms with van der Waals surface area (Å²) < 4.78 is 5.62. The molecule has 0 heterocycles. The number of halogens is 1. The summed E-state index contributed by atoms with van der Waals surface area (Å²) >= 11 is 6.04. The van der Waals surface area contributed by atoms with E-state index >= 15 is 0 Å². The minimum Gasteiger partial charge on any atom is -0.479 e. The van der Waals surface area contributed by atoms with Crippen LogP contribution in [-0.4, -0.2) is 18.6 Å². The molecule has 0 saturated carbocycles. The van der Waals surface area contributed by atoms with Crippen LogP contribution in [0.4, 0.5) is 5.69 Å². The first-order valence-corrected chi connectivity index (χ1v) is 7.99. The van der Waals surface area contributed by atoms with Crippen LogP contribution in [0.5, 0.6) is 5.75 Å². The first-order valence-electron chi connectivity index (χ1n) is 7.62. The fourth-order valence-electron chi connectivity index (χ4n) is 2.06. The largest absolute Gasteiger partial charge is 0.479 e. The summed E-state index contributed by atoms with van der Waals surface area (Å²) in [4.78, 5) is 12.3. The molecule has 5 heteroatoms. The lowest BCUT2D eigenvalue weighted by Gasteiger charge is -2.16. The molecule has 0 aliphatic carbocycles. The number of carbonyl (C=O) groups is 1. The molecule has 0 fully saturated rings. The van der Waals surface area contributed by atoms with E-state index in [1.54, 1.807) is 19.1 Å². The molecule has 0 aliphatic rings. The van der Waals surface area contributed by atoms with Crippen LogP contribution in [0.3, 0.4) is 0 Å². The predicted molar refractivity (Wildman–Crippen MR) is 94.0 cm³/mol. The SMILES string of the molecule is CCNCc1cccc(NC(=O)C(C)Oc2ccccc2Cl)c1. The molecule has 2 aromatic rings. The standard InChI is InChI=1S/C18H21ClN2O2/c1-3-20-12-14-7-6-8-15(11-14)21-18(22)13(2)23-17-10-5-4-9-16(17)19/h4-11,13,20H,3,12H2,1-2H3,(H,21,22). The Labute approximate surface area is 141 Å². The summed E-state index contributed by atoms with van der Waals surface area (Å²) in [5.41, 5.74) is 1.87. The summed E-state index contributed by atoms with van der Waals surface area (Å²) in [5, 5.41) is 6.60. The Morgan fingerprint density at radius 3 is 2.74 bits per heavy atom. The molecule has 0 bridgehead atoms. The molecule has 4 nitrogen and oxygen atoms in total. The van der Waals surface area contributed by atoms with Gasteiger partial charge >= 0.3 is 0 Å². The van der Waals surface area contributed by atoms with E-state index in [1.165, 1.54) is 0 Å². The van der Waals surface area contributed by atoms with Gasteiger partial charge in [-0.2, -0.15) is 0 Å². The topological polar surface area (TPSA) is 50.4 Å². The molecule has 0 aromatic heterocycles. The van der Waals surface area contributed by atoms with Crippen molar-refractivity contribution >= 4 is 23.2 Å². The number of benzene rings is 2. The van der Waals surface area contributed by atoms with E-state index in [9.17, 15) is 4.79 Å². The van der Waals surface area contributed by atoms with E-state index in [-0.39, 0.29) is 5.91 Å². The second kappa shape index (κ2) is 8.56. The summed E-state index contributed by atoms with van der Waals surface area (Å²) in [6.45, 7) is 5.42. The maximum Gasteiger partial charge on any atom is 0.265 e. The number of hydrogen-bond donors (Lipinski definition) is 2. The Balaban J connectivity index is 1.97. The number of ether oxygens (including phenoxy) is 1. The van der Waals surface area contributed by atoms with Crippen LogP contribution in [0, 0.1) is 0 Å². The van der Waals surface area contributed by atoms with Crippen LogP contribution in [0.25, 0.3) is 0 Å². The zero-order valence-electron chi connectivity index (χ0n) is 13.3. The Morgan fingerprint density at radius 2 is 2.00 bits per heavy atom. The number of carbonyl (C=O) groups excluding carboxylic acids is 1. The van der Waals surface area contributed by atoms with Crippen LogP contribution >= 0.6 is 11.6 Å². The zero-order valence-corrected chi connectivity index (χ0v) is 14.1. The van der Waals surface area contributed by atoms with Crippen molar-refractivity contribution in [3.05, 3.63) is 59.1 Å². The number of amides is 1. The molecule has 1 atom stereocenters. The van der Waals surface area contributed by atoms with Crippen LogP contribution in [0.1, 0.15) is 19.4 Å². The highest BCUT2D eigenvalue weighted by Gasteiger charge is 2.16. The molecule has 0 aliphatic heterocycles. The van der Waals surface area contributed by atoms with Crippen molar-refractivity contribution in [3.63, 3.8) is 0 Å². The summed E-state index contributed by atoms with van der Waals surface area (Å²) in [7, 11) is 0. The van der Waals surface area contributed by atoms with Gasteiger partial charge in [0.15, 0.2) is 6.10 Å². The first-order chi connectivity index (χ1) is 11.1. The molecule has 1 unspecified atom stereocenters. The van der Waals surface area contributed by atoms with Gasteiger partial charge in [0, 0.05) is 12.2 Å². The average Bonchev–Trinajstić information content (AvgIpc) is 2.55. The van der Waals surface area contributed by atoms with Gasteiger partial charge in [0.25, 0.3) is 5.91 Å². The normalized spacial score (nSPS) is 11.8. The molecule has 2 aromatic carbocycles. The molecule has 23 heavy (non-hydrogen) atoms. The molecule has 0 radical (unpaired) electrons. The van der Waals surface area contributed by atoms with Crippen LogP contribution < -0.4 is 15.4 Å². The van der Waals surface area contributed by atoms with Gasteiger partial charge in [-0.25, -0.2) is 0 Å². The quantitative estimate of drug-likeness (QED) is 0.809. The number of nitrogens with one attached hydrogen (secondary N) is 2. The maximum atomic E-state index is 12.3. The average molecular weight is 333 g/mol. The second-order valence-corrected chi connectivity index (χ2v) is 5.57. The molecule has 1 amide bonds. The van der Waals surface area contributed by atoms with Crippen LogP contribution in [-0.2, 0) is 11.3 Å². The molecule has 0 spiro atoms. The van der Waals surface area contributed by atoms with Gasteiger partial charge in [-0.15, -0.1) is 0 Å². The van der Waals surface area contributed by atoms with Crippen molar-refractivity contribution in [2.75, 3.05) is 11.9 Å². The van der Waals surface area contributed by atoms with E-state index < -0.39 is 6.10 Å².